The Kier molecular flexibility index (Phi) is 6.87. The van der Waals surface area contributed by atoms with E-state index in [-0.39, 0.29) is 12.8 Å². The number of imide groups is 1. The Bertz CT molecular complexity index is 567. The molecule has 10 nitrogen and oxygen atoms in total. The van der Waals surface area contributed by atoms with E-state index in [1.807, 2.05) is 9.24 Å². The molecule has 1 unspecified atom stereocenters. The predicted octanol–water partition coefficient (Wildman–Crippen LogP) is 0.678. The fraction of sp³-hybridized carbons (Fsp3) is 0.643. The van der Waals surface area contributed by atoms with Gasteiger partial charge in [-0.2, -0.15) is 0 Å². The second-order valence-corrected chi connectivity index (χ2v) is 6.68. The average molecular weight is 377 g/mol. The molecule has 0 bridgehead atoms. The largest absolute Gasteiger partial charge is 0.509 e. The first-order valence-corrected chi connectivity index (χ1v) is 8.00. The van der Waals surface area contributed by atoms with Crippen LogP contribution >= 0.6 is 9.24 Å². The van der Waals surface area contributed by atoms with Crippen molar-refractivity contribution in [3.63, 3.8) is 0 Å². The van der Waals surface area contributed by atoms with Gasteiger partial charge in [0, 0.05) is 12.8 Å². The van der Waals surface area contributed by atoms with Gasteiger partial charge in [-0.3, -0.25) is 9.59 Å². The summed E-state index contributed by atoms with van der Waals surface area (Å²) in [5.74, 6) is -4.91. The van der Waals surface area contributed by atoms with Gasteiger partial charge >= 0.3 is 18.1 Å². The lowest BCUT2D eigenvalue weighted by Gasteiger charge is -2.21. The van der Waals surface area contributed by atoms with Crippen molar-refractivity contribution in [3.8, 4) is 0 Å². The molecule has 25 heavy (non-hydrogen) atoms. The third kappa shape index (κ3) is 6.66. The SMILES string of the molecule is C[C@H](OC(=O)[C@H](P)OC(=O)OC(C)(C)C)C(=O)ON1C(=O)CCC1=O. The highest BCUT2D eigenvalue weighted by atomic mass is 31.0. The van der Waals surface area contributed by atoms with Gasteiger partial charge in [0.15, 0.2) is 6.10 Å². The maximum Gasteiger partial charge on any atom is 0.509 e. The number of amides is 2. The Labute approximate surface area is 146 Å². The summed E-state index contributed by atoms with van der Waals surface area (Å²) in [6.45, 7) is 6.02. The number of carbonyl (C=O) groups excluding carboxylic acids is 5. The number of esters is 1. The van der Waals surface area contributed by atoms with E-state index in [9.17, 15) is 24.0 Å². The summed E-state index contributed by atoms with van der Waals surface area (Å²) in [4.78, 5) is 62.3. The zero-order valence-electron chi connectivity index (χ0n) is 14.3. The first-order valence-electron chi connectivity index (χ1n) is 7.34. The highest BCUT2D eigenvalue weighted by Gasteiger charge is 2.35. The third-order valence-electron chi connectivity index (χ3n) is 2.66. The van der Waals surface area contributed by atoms with Crippen molar-refractivity contribution in [1.29, 1.82) is 0 Å². The van der Waals surface area contributed by atoms with Crippen LogP contribution in [0.25, 0.3) is 0 Å². The van der Waals surface area contributed by atoms with Gasteiger partial charge in [0.2, 0.25) is 5.85 Å². The highest BCUT2D eigenvalue weighted by molar-refractivity contribution is 7.19. The highest BCUT2D eigenvalue weighted by Crippen LogP contribution is 2.15. The van der Waals surface area contributed by atoms with Crippen LogP contribution in [0.3, 0.4) is 0 Å². The second-order valence-electron chi connectivity index (χ2n) is 6.07. The molecule has 0 aromatic rings. The number of rotatable bonds is 5. The normalized spacial score (nSPS) is 16.9. The van der Waals surface area contributed by atoms with Crippen LogP contribution < -0.4 is 0 Å². The molecule has 11 heteroatoms. The van der Waals surface area contributed by atoms with Crippen molar-refractivity contribution in [3.05, 3.63) is 0 Å². The number of ether oxygens (including phenoxy) is 3. The Hall–Kier alpha value is -2.22. The van der Waals surface area contributed by atoms with E-state index in [0.717, 1.165) is 0 Å². The summed E-state index contributed by atoms with van der Waals surface area (Å²) in [5.41, 5.74) is -0.808. The minimum Gasteiger partial charge on any atom is -0.448 e. The summed E-state index contributed by atoms with van der Waals surface area (Å²) in [5, 5.41) is 0.335. The zero-order valence-corrected chi connectivity index (χ0v) is 15.4. The molecule has 140 valence electrons. The van der Waals surface area contributed by atoms with Gasteiger partial charge < -0.3 is 19.0 Å². The monoisotopic (exact) mass is 377 g/mol. The van der Waals surface area contributed by atoms with E-state index in [0.29, 0.717) is 5.06 Å². The number of carbonyl (C=O) groups is 5. The molecule has 1 aliphatic heterocycles. The minimum absolute atomic E-state index is 0.0579. The first-order chi connectivity index (χ1) is 11.4. The van der Waals surface area contributed by atoms with E-state index in [1.54, 1.807) is 20.8 Å². The van der Waals surface area contributed by atoms with Crippen LogP contribution in [0, 0.1) is 0 Å². The van der Waals surface area contributed by atoms with Gasteiger partial charge in [0.25, 0.3) is 11.8 Å². The summed E-state index contributed by atoms with van der Waals surface area (Å²) >= 11 is 0. The van der Waals surface area contributed by atoms with Gasteiger partial charge in [-0.05, 0) is 27.7 Å². The molecule has 0 aliphatic carbocycles. The van der Waals surface area contributed by atoms with Gasteiger partial charge in [-0.1, -0.05) is 9.24 Å². The molecule has 0 aromatic heterocycles. The molecule has 1 fully saturated rings. The van der Waals surface area contributed by atoms with E-state index in [4.69, 9.17) is 14.2 Å². The minimum atomic E-state index is -1.43. The Morgan fingerprint density at radius 3 is 2.04 bits per heavy atom. The van der Waals surface area contributed by atoms with Gasteiger partial charge in [-0.25, -0.2) is 14.4 Å². The molecule has 0 radical (unpaired) electrons. The van der Waals surface area contributed by atoms with Crippen LogP contribution in [0.15, 0.2) is 0 Å². The molecule has 1 heterocycles. The molecule has 1 rings (SSSR count). The summed E-state index contributed by atoms with van der Waals surface area (Å²) in [7, 11) is 1.92. The van der Waals surface area contributed by atoms with E-state index in [1.165, 1.54) is 6.92 Å². The molecule has 0 N–H and O–H groups in total. The zero-order chi connectivity index (χ0) is 19.4. The number of hydrogen-bond donors (Lipinski definition) is 0. The van der Waals surface area contributed by atoms with Crippen LogP contribution in [0.1, 0.15) is 40.5 Å². The third-order valence-corrected chi connectivity index (χ3v) is 3.07. The standard InChI is InChI=1S/C14H20NO9P/c1-7(10(18)24-15-8(16)5-6-9(15)17)21-11(19)12(25)22-13(20)23-14(2,3)4/h7,12H,5-6,25H2,1-4H3/t7-,12-/m0/s1. The molecule has 3 atom stereocenters. The van der Waals surface area contributed by atoms with Gasteiger partial charge in [0.05, 0.1) is 0 Å². The van der Waals surface area contributed by atoms with E-state index in [2.05, 4.69) is 4.84 Å². The van der Waals surface area contributed by atoms with Crippen molar-refractivity contribution in [2.75, 3.05) is 0 Å². The Balaban J connectivity index is 2.49. The van der Waals surface area contributed by atoms with Crippen LogP contribution in [0.4, 0.5) is 4.79 Å². The smallest absolute Gasteiger partial charge is 0.448 e. The second kappa shape index (κ2) is 8.24. The molecule has 0 spiro atoms. The lowest BCUT2D eigenvalue weighted by Crippen LogP contribution is -2.38. The van der Waals surface area contributed by atoms with Crippen molar-refractivity contribution >= 4 is 39.1 Å². The van der Waals surface area contributed by atoms with Crippen molar-refractivity contribution in [2.45, 2.75) is 58.1 Å². The van der Waals surface area contributed by atoms with Crippen LogP contribution in [-0.2, 0) is 38.2 Å². The number of hydrogen-bond acceptors (Lipinski definition) is 9. The molecule has 1 saturated heterocycles. The number of hydroxylamine groups is 2. The van der Waals surface area contributed by atoms with Crippen LogP contribution in [-0.4, -0.2) is 52.5 Å². The lowest BCUT2D eigenvalue weighted by atomic mass is 10.2. The topological polar surface area (TPSA) is 126 Å². The quantitative estimate of drug-likeness (QED) is 0.386. The summed E-state index contributed by atoms with van der Waals surface area (Å²) in [6.07, 6.45) is -2.64. The summed E-state index contributed by atoms with van der Waals surface area (Å²) < 4.78 is 14.3. The van der Waals surface area contributed by atoms with Crippen molar-refractivity contribution < 1.29 is 43.0 Å². The molecule has 0 saturated carbocycles. The fourth-order valence-electron chi connectivity index (χ4n) is 1.54. The Morgan fingerprint density at radius 1 is 1.04 bits per heavy atom. The summed E-state index contributed by atoms with van der Waals surface area (Å²) in [6, 6.07) is 0. The first kappa shape index (κ1) is 20.8. The van der Waals surface area contributed by atoms with Crippen LogP contribution in [0.2, 0.25) is 0 Å². The van der Waals surface area contributed by atoms with E-state index < -0.39 is 47.5 Å². The molecule has 2 amide bonds. The molecule has 0 aromatic carbocycles. The molecule has 1 aliphatic rings. The molecular formula is C14H20NO9P. The fourth-order valence-corrected chi connectivity index (χ4v) is 1.73. The maximum absolute atomic E-state index is 11.8. The van der Waals surface area contributed by atoms with Crippen molar-refractivity contribution in [1.82, 2.24) is 5.06 Å². The Morgan fingerprint density at radius 2 is 1.56 bits per heavy atom. The van der Waals surface area contributed by atoms with Crippen LogP contribution in [0.5, 0.6) is 0 Å². The maximum atomic E-state index is 11.8. The van der Waals surface area contributed by atoms with E-state index >= 15 is 0 Å². The molecular weight excluding hydrogens is 357 g/mol. The average Bonchev–Trinajstić information content (AvgIpc) is 2.76. The van der Waals surface area contributed by atoms with Gasteiger partial charge in [0.1, 0.15) is 5.60 Å². The predicted molar refractivity (Wildman–Crippen MR) is 83.6 cm³/mol. The lowest BCUT2D eigenvalue weighted by molar-refractivity contribution is -0.205. The number of nitrogens with zero attached hydrogens (tertiary/aromatic N) is 1. The van der Waals surface area contributed by atoms with Gasteiger partial charge in [-0.15, -0.1) is 5.06 Å². The van der Waals surface area contributed by atoms with Crippen molar-refractivity contribution in [2.24, 2.45) is 0 Å².